The Morgan fingerprint density at radius 3 is 2.27 bits per heavy atom. The molecule has 1 heterocycles. The van der Waals surface area contributed by atoms with Gasteiger partial charge in [-0.3, -0.25) is 4.79 Å². The smallest absolute Gasteiger partial charge is 0.254 e. The van der Waals surface area contributed by atoms with E-state index in [4.69, 9.17) is 4.74 Å². The van der Waals surface area contributed by atoms with Crippen LogP contribution in [-0.4, -0.2) is 61.7 Å². The summed E-state index contributed by atoms with van der Waals surface area (Å²) < 4.78 is 6.53. The summed E-state index contributed by atoms with van der Waals surface area (Å²) in [6, 6.07) is 19.8. The zero-order valence-corrected chi connectivity index (χ0v) is 15.6. The number of carbonyl (C=O) groups excluding carboxylic acids is 1. The Morgan fingerprint density at radius 1 is 1.00 bits per heavy atom. The van der Waals surface area contributed by atoms with E-state index in [2.05, 4.69) is 19.2 Å². The first-order chi connectivity index (χ1) is 12.7. The molecule has 1 saturated heterocycles. The summed E-state index contributed by atoms with van der Waals surface area (Å²) in [5.74, 6) is 0.110. The first-order valence-electron chi connectivity index (χ1n) is 9.46. The SMILES string of the molecule is C[N+]1(CCCN(Cc2ccccc2)C(=O)c2ccccc2)CCOCC1. The normalized spacial score (nSPS) is 16.2. The highest BCUT2D eigenvalue weighted by atomic mass is 16.5. The van der Waals surface area contributed by atoms with Crippen LogP contribution < -0.4 is 0 Å². The number of quaternary nitrogens is 1. The van der Waals surface area contributed by atoms with E-state index in [1.165, 1.54) is 5.56 Å². The quantitative estimate of drug-likeness (QED) is 0.716. The van der Waals surface area contributed by atoms with Crippen molar-refractivity contribution in [1.29, 1.82) is 0 Å². The Bertz CT molecular complexity index is 682. The van der Waals surface area contributed by atoms with Gasteiger partial charge in [-0.15, -0.1) is 0 Å². The lowest BCUT2D eigenvalue weighted by molar-refractivity contribution is -0.917. The lowest BCUT2D eigenvalue weighted by atomic mass is 10.1. The number of amides is 1. The molecule has 0 unspecified atom stereocenters. The van der Waals surface area contributed by atoms with E-state index in [1.54, 1.807) is 0 Å². The van der Waals surface area contributed by atoms with E-state index in [0.29, 0.717) is 6.54 Å². The standard InChI is InChI=1S/C22H29N2O2/c1-24(15-17-26-18-16-24)14-8-13-23(19-20-9-4-2-5-10-20)22(25)21-11-6-3-7-12-21/h2-7,9-12H,8,13-19H2,1H3/q+1. The molecule has 0 atom stereocenters. The van der Waals surface area contributed by atoms with Crippen LogP contribution in [0.25, 0.3) is 0 Å². The molecule has 1 aliphatic rings. The summed E-state index contributed by atoms with van der Waals surface area (Å²) in [5, 5.41) is 0. The summed E-state index contributed by atoms with van der Waals surface area (Å²) in [6.07, 6.45) is 1.00. The van der Waals surface area contributed by atoms with Crippen LogP contribution in [0.4, 0.5) is 0 Å². The average molecular weight is 353 g/mol. The fourth-order valence-electron chi connectivity index (χ4n) is 3.47. The third-order valence-electron chi connectivity index (χ3n) is 5.20. The molecule has 1 aliphatic heterocycles. The molecule has 0 saturated carbocycles. The molecular weight excluding hydrogens is 324 g/mol. The van der Waals surface area contributed by atoms with Crippen molar-refractivity contribution in [2.24, 2.45) is 0 Å². The number of hydrogen-bond donors (Lipinski definition) is 0. The molecule has 2 aromatic carbocycles. The summed E-state index contributed by atoms with van der Waals surface area (Å²) >= 11 is 0. The molecule has 0 aromatic heterocycles. The molecule has 0 bridgehead atoms. The van der Waals surface area contributed by atoms with Gasteiger partial charge in [0.25, 0.3) is 5.91 Å². The molecule has 2 aromatic rings. The van der Waals surface area contributed by atoms with Crippen LogP contribution in [0.2, 0.25) is 0 Å². The highest BCUT2D eigenvalue weighted by Gasteiger charge is 2.25. The number of morpholine rings is 1. The fraction of sp³-hybridized carbons (Fsp3) is 0.409. The predicted octanol–water partition coefficient (Wildman–Crippen LogP) is 3.20. The van der Waals surface area contributed by atoms with Crippen LogP contribution in [0.1, 0.15) is 22.3 Å². The third-order valence-corrected chi connectivity index (χ3v) is 5.20. The minimum absolute atomic E-state index is 0.110. The molecule has 1 fully saturated rings. The molecule has 3 rings (SSSR count). The Morgan fingerprint density at radius 2 is 1.62 bits per heavy atom. The van der Waals surface area contributed by atoms with Gasteiger partial charge >= 0.3 is 0 Å². The molecule has 0 aliphatic carbocycles. The molecular formula is C22H29N2O2+. The van der Waals surface area contributed by atoms with E-state index in [0.717, 1.165) is 55.9 Å². The second-order valence-corrected chi connectivity index (χ2v) is 7.33. The molecule has 0 radical (unpaired) electrons. The fourth-order valence-corrected chi connectivity index (χ4v) is 3.47. The molecule has 0 spiro atoms. The minimum atomic E-state index is 0.110. The van der Waals surface area contributed by atoms with Crippen molar-refractivity contribution in [3.8, 4) is 0 Å². The highest BCUT2D eigenvalue weighted by Crippen LogP contribution is 2.13. The van der Waals surface area contributed by atoms with Crippen LogP contribution in [0, 0.1) is 0 Å². The average Bonchev–Trinajstić information content (AvgIpc) is 2.68. The molecule has 26 heavy (non-hydrogen) atoms. The highest BCUT2D eigenvalue weighted by molar-refractivity contribution is 5.94. The monoisotopic (exact) mass is 353 g/mol. The van der Waals surface area contributed by atoms with Crippen LogP contribution >= 0.6 is 0 Å². The molecule has 1 amide bonds. The van der Waals surface area contributed by atoms with Gasteiger partial charge in [-0.1, -0.05) is 48.5 Å². The van der Waals surface area contributed by atoms with Gasteiger partial charge in [-0.05, 0) is 17.7 Å². The van der Waals surface area contributed by atoms with Crippen molar-refractivity contribution < 1.29 is 14.0 Å². The van der Waals surface area contributed by atoms with E-state index in [1.807, 2.05) is 53.4 Å². The maximum absolute atomic E-state index is 13.0. The predicted molar refractivity (Wildman–Crippen MR) is 104 cm³/mol. The zero-order valence-electron chi connectivity index (χ0n) is 15.6. The van der Waals surface area contributed by atoms with Gasteiger partial charge in [0.2, 0.25) is 0 Å². The molecule has 4 nitrogen and oxygen atoms in total. The number of hydrogen-bond acceptors (Lipinski definition) is 2. The number of benzene rings is 2. The zero-order chi connectivity index (χ0) is 18.2. The Hall–Kier alpha value is -2.17. The number of carbonyl (C=O) groups is 1. The third kappa shape index (κ3) is 5.16. The van der Waals surface area contributed by atoms with Gasteiger partial charge in [0.1, 0.15) is 13.1 Å². The first-order valence-corrected chi connectivity index (χ1v) is 9.46. The van der Waals surface area contributed by atoms with Gasteiger partial charge in [0.05, 0.1) is 26.8 Å². The first kappa shape index (κ1) is 18.6. The summed E-state index contributed by atoms with van der Waals surface area (Å²) in [4.78, 5) is 15.0. The largest absolute Gasteiger partial charge is 0.370 e. The van der Waals surface area contributed by atoms with Crippen LogP contribution in [0.15, 0.2) is 60.7 Å². The van der Waals surface area contributed by atoms with Gasteiger partial charge in [-0.2, -0.15) is 0 Å². The lowest BCUT2D eigenvalue weighted by Gasteiger charge is -2.38. The second-order valence-electron chi connectivity index (χ2n) is 7.33. The number of nitrogens with zero attached hydrogens (tertiary/aromatic N) is 2. The Labute approximate surface area is 156 Å². The van der Waals surface area contributed by atoms with Crippen LogP contribution in [-0.2, 0) is 11.3 Å². The summed E-state index contributed by atoms with van der Waals surface area (Å²) in [7, 11) is 2.29. The van der Waals surface area contributed by atoms with Crippen molar-refractivity contribution in [3.63, 3.8) is 0 Å². The maximum atomic E-state index is 13.0. The molecule has 138 valence electrons. The topological polar surface area (TPSA) is 29.5 Å². The lowest BCUT2D eigenvalue weighted by Crippen LogP contribution is -2.53. The van der Waals surface area contributed by atoms with E-state index in [-0.39, 0.29) is 5.91 Å². The van der Waals surface area contributed by atoms with E-state index < -0.39 is 0 Å². The van der Waals surface area contributed by atoms with Gasteiger partial charge in [0, 0.05) is 25.1 Å². The molecule has 4 heteroatoms. The second kappa shape index (κ2) is 8.97. The Balaban J connectivity index is 1.65. The number of rotatable bonds is 7. The van der Waals surface area contributed by atoms with Gasteiger partial charge < -0.3 is 14.1 Å². The van der Waals surface area contributed by atoms with Crippen molar-refractivity contribution in [2.75, 3.05) is 46.4 Å². The maximum Gasteiger partial charge on any atom is 0.254 e. The number of ether oxygens (including phenoxy) is 1. The minimum Gasteiger partial charge on any atom is -0.370 e. The van der Waals surface area contributed by atoms with Crippen molar-refractivity contribution >= 4 is 5.91 Å². The van der Waals surface area contributed by atoms with Gasteiger partial charge in [0.15, 0.2) is 0 Å². The molecule has 0 N–H and O–H groups in total. The number of likely N-dealkylation sites (N-methyl/N-ethyl adjacent to an activating group) is 1. The van der Waals surface area contributed by atoms with Crippen LogP contribution in [0.5, 0.6) is 0 Å². The van der Waals surface area contributed by atoms with E-state index >= 15 is 0 Å². The van der Waals surface area contributed by atoms with Crippen molar-refractivity contribution in [3.05, 3.63) is 71.8 Å². The van der Waals surface area contributed by atoms with Crippen molar-refractivity contribution in [1.82, 2.24) is 4.90 Å². The summed E-state index contributed by atoms with van der Waals surface area (Å²) in [6.45, 7) is 6.31. The van der Waals surface area contributed by atoms with E-state index in [9.17, 15) is 4.79 Å². The summed E-state index contributed by atoms with van der Waals surface area (Å²) in [5.41, 5.74) is 1.93. The van der Waals surface area contributed by atoms with Crippen molar-refractivity contribution in [2.45, 2.75) is 13.0 Å². The van der Waals surface area contributed by atoms with Crippen LogP contribution in [0.3, 0.4) is 0 Å². The van der Waals surface area contributed by atoms with Gasteiger partial charge in [-0.25, -0.2) is 0 Å². The Kier molecular flexibility index (Phi) is 6.42.